The second kappa shape index (κ2) is 5.55. The molecule has 0 aliphatic heterocycles. The van der Waals surface area contributed by atoms with Crippen molar-refractivity contribution in [3.63, 3.8) is 0 Å². The second-order valence-corrected chi connectivity index (χ2v) is 4.68. The molecule has 0 aliphatic carbocycles. The normalized spacial score (nSPS) is 12.7. The third-order valence-electron chi connectivity index (χ3n) is 2.91. The van der Waals surface area contributed by atoms with Crippen molar-refractivity contribution in [3.8, 4) is 0 Å². The van der Waals surface area contributed by atoms with Crippen LogP contribution in [0.25, 0.3) is 0 Å². The van der Waals surface area contributed by atoms with E-state index in [2.05, 4.69) is 0 Å². The zero-order valence-electron chi connectivity index (χ0n) is 10.1. The molecule has 0 aliphatic rings. The molecule has 0 saturated heterocycles. The lowest BCUT2D eigenvalue weighted by atomic mass is 10.1. The Morgan fingerprint density at radius 3 is 2.89 bits per heavy atom. The molecule has 0 spiro atoms. The molecule has 2 nitrogen and oxygen atoms in total. The van der Waals surface area contributed by atoms with E-state index in [-0.39, 0.29) is 5.82 Å². The van der Waals surface area contributed by atoms with Crippen LogP contribution in [-0.2, 0) is 6.54 Å². The number of aliphatic hydroxyl groups excluding tert-OH is 1. The molecule has 0 radical (unpaired) electrons. The molecule has 2 rings (SSSR count). The van der Waals surface area contributed by atoms with Gasteiger partial charge in [-0.1, -0.05) is 18.5 Å². The Hall–Kier alpha value is -1.32. The highest BCUT2D eigenvalue weighted by molar-refractivity contribution is 6.31. The van der Waals surface area contributed by atoms with Crippen molar-refractivity contribution in [3.05, 3.63) is 58.6 Å². The Kier molecular flexibility index (Phi) is 4.04. The monoisotopic (exact) mass is 267 g/mol. The van der Waals surface area contributed by atoms with Crippen molar-refractivity contribution in [1.82, 2.24) is 4.57 Å². The van der Waals surface area contributed by atoms with Crippen LogP contribution in [0.15, 0.2) is 36.7 Å². The Bertz CT molecular complexity index is 538. The van der Waals surface area contributed by atoms with Gasteiger partial charge in [-0.25, -0.2) is 4.39 Å². The highest BCUT2D eigenvalue weighted by Crippen LogP contribution is 2.20. The van der Waals surface area contributed by atoms with E-state index < -0.39 is 6.10 Å². The molecule has 0 saturated carbocycles. The van der Waals surface area contributed by atoms with Gasteiger partial charge in [-0.05, 0) is 41.8 Å². The Morgan fingerprint density at radius 2 is 2.17 bits per heavy atom. The van der Waals surface area contributed by atoms with Crippen molar-refractivity contribution in [2.24, 2.45) is 0 Å². The molecule has 2 aromatic rings. The molecule has 96 valence electrons. The first kappa shape index (κ1) is 13.1. The minimum Gasteiger partial charge on any atom is -0.388 e. The van der Waals surface area contributed by atoms with E-state index in [0.29, 0.717) is 18.0 Å². The number of hydrogen-bond donors (Lipinski definition) is 1. The molecule has 0 fully saturated rings. The van der Waals surface area contributed by atoms with E-state index in [0.717, 1.165) is 11.1 Å². The summed E-state index contributed by atoms with van der Waals surface area (Å²) in [7, 11) is 0. The maximum atomic E-state index is 13.1. The molecule has 4 heteroatoms. The lowest BCUT2D eigenvalue weighted by molar-refractivity contribution is 0.173. The highest BCUT2D eigenvalue weighted by atomic mass is 35.5. The molecule has 18 heavy (non-hydrogen) atoms. The van der Waals surface area contributed by atoms with Crippen LogP contribution < -0.4 is 0 Å². The lowest BCUT2D eigenvalue weighted by Crippen LogP contribution is -1.99. The standard InChI is InChI=1S/C14H15ClFNO/c1-2-14(18)10-5-6-17(8-10)9-11-7-12(16)3-4-13(11)15/h3-8,14,18H,2,9H2,1H3. The molecule has 0 amide bonds. The van der Waals surface area contributed by atoms with Crippen LogP contribution in [0.5, 0.6) is 0 Å². The van der Waals surface area contributed by atoms with E-state index in [4.69, 9.17) is 11.6 Å². The first-order valence-electron chi connectivity index (χ1n) is 5.88. The van der Waals surface area contributed by atoms with Gasteiger partial charge < -0.3 is 9.67 Å². The van der Waals surface area contributed by atoms with Crippen LogP contribution in [0.3, 0.4) is 0 Å². The number of aromatic nitrogens is 1. The molecule has 1 N–H and O–H groups in total. The predicted molar refractivity (Wildman–Crippen MR) is 70.2 cm³/mol. The molecule has 0 bridgehead atoms. The van der Waals surface area contributed by atoms with E-state index in [1.807, 2.05) is 30.0 Å². The summed E-state index contributed by atoms with van der Waals surface area (Å²) in [5.74, 6) is -0.296. The maximum absolute atomic E-state index is 13.1. The fourth-order valence-corrected chi connectivity index (χ4v) is 2.03. The van der Waals surface area contributed by atoms with Crippen molar-refractivity contribution in [1.29, 1.82) is 0 Å². The number of aliphatic hydroxyl groups is 1. The molecule has 1 aromatic carbocycles. The summed E-state index contributed by atoms with van der Waals surface area (Å²) >= 11 is 6.01. The van der Waals surface area contributed by atoms with E-state index >= 15 is 0 Å². The first-order valence-corrected chi connectivity index (χ1v) is 6.25. The quantitative estimate of drug-likeness (QED) is 0.896. The van der Waals surface area contributed by atoms with Gasteiger partial charge in [-0.2, -0.15) is 0 Å². The van der Waals surface area contributed by atoms with Crippen molar-refractivity contribution >= 4 is 11.6 Å². The van der Waals surface area contributed by atoms with Gasteiger partial charge in [-0.15, -0.1) is 0 Å². The van der Waals surface area contributed by atoms with Gasteiger partial charge in [0.25, 0.3) is 0 Å². The summed E-state index contributed by atoms with van der Waals surface area (Å²) in [6, 6.07) is 6.19. The Morgan fingerprint density at radius 1 is 1.39 bits per heavy atom. The fourth-order valence-electron chi connectivity index (χ4n) is 1.85. The van der Waals surface area contributed by atoms with E-state index in [9.17, 15) is 9.50 Å². The molecule has 1 aromatic heterocycles. The Labute approximate surface area is 111 Å². The second-order valence-electron chi connectivity index (χ2n) is 4.28. The average molecular weight is 268 g/mol. The zero-order valence-corrected chi connectivity index (χ0v) is 10.9. The third-order valence-corrected chi connectivity index (χ3v) is 3.27. The van der Waals surface area contributed by atoms with Gasteiger partial charge in [0.05, 0.1) is 6.10 Å². The summed E-state index contributed by atoms with van der Waals surface area (Å²) in [4.78, 5) is 0. The average Bonchev–Trinajstić information content (AvgIpc) is 2.81. The van der Waals surface area contributed by atoms with Crippen LogP contribution in [0.1, 0.15) is 30.6 Å². The number of nitrogens with zero attached hydrogens (tertiary/aromatic N) is 1. The van der Waals surface area contributed by atoms with Gasteiger partial charge in [0.15, 0.2) is 0 Å². The first-order chi connectivity index (χ1) is 8.60. The van der Waals surface area contributed by atoms with E-state index in [1.54, 1.807) is 6.07 Å². The van der Waals surface area contributed by atoms with Gasteiger partial charge >= 0.3 is 0 Å². The zero-order chi connectivity index (χ0) is 13.1. The number of rotatable bonds is 4. The largest absolute Gasteiger partial charge is 0.388 e. The van der Waals surface area contributed by atoms with Crippen molar-refractivity contribution in [2.75, 3.05) is 0 Å². The summed E-state index contributed by atoms with van der Waals surface area (Å²) in [6.07, 6.45) is 3.93. The summed E-state index contributed by atoms with van der Waals surface area (Å²) in [5.41, 5.74) is 1.59. The highest BCUT2D eigenvalue weighted by Gasteiger charge is 2.08. The smallest absolute Gasteiger partial charge is 0.123 e. The topological polar surface area (TPSA) is 25.2 Å². The summed E-state index contributed by atoms with van der Waals surface area (Å²) in [6.45, 7) is 2.42. The molecular formula is C14H15ClFNO. The Balaban J connectivity index is 2.18. The van der Waals surface area contributed by atoms with Gasteiger partial charge in [0.2, 0.25) is 0 Å². The van der Waals surface area contributed by atoms with Gasteiger partial charge in [0.1, 0.15) is 5.82 Å². The van der Waals surface area contributed by atoms with Gasteiger partial charge in [-0.3, -0.25) is 0 Å². The van der Waals surface area contributed by atoms with Crippen LogP contribution in [0.2, 0.25) is 5.02 Å². The predicted octanol–water partition coefficient (Wildman–Crippen LogP) is 3.77. The van der Waals surface area contributed by atoms with Crippen LogP contribution >= 0.6 is 11.6 Å². The third kappa shape index (κ3) is 2.92. The van der Waals surface area contributed by atoms with Crippen LogP contribution in [0.4, 0.5) is 4.39 Å². The summed E-state index contributed by atoms with van der Waals surface area (Å²) in [5, 5.41) is 10.3. The minimum atomic E-state index is -0.450. The van der Waals surface area contributed by atoms with Crippen LogP contribution in [-0.4, -0.2) is 9.67 Å². The number of hydrogen-bond acceptors (Lipinski definition) is 1. The van der Waals surface area contributed by atoms with Gasteiger partial charge in [0, 0.05) is 24.0 Å². The summed E-state index contributed by atoms with van der Waals surface area (Å²) < 4.78 is 15.0. The van der Waals surface area contributed by atoms with Crippen LogP contribution in [0, 0.1) is 5.82 Å². The minimum absolute atomic E-state index is 0.296. The van der Waals surface area contributed by atoms with E-state index in [1.165, 1.54) is 12.1 Å². The molecule has 1 atom stereocenters. The van der Waals surface area contributed by atoms with Crippen molar-refractivity contribution < 1.29 is 9.50 Å². The molecule has 1 unspecified atom stereocenters. The van der Waals surface area contributed by atoms with Crippen molar-refractivity contribution in [2.45, 2.75) is 26.0 Å². The molecular weight excluding hydrogens is 253 g/mol. The maximum Gasteiger partial charge on any atom is 0.123 e. The number of benzene rings is 1. The number of halogens is 2. The molecule has 1 heterocycles. The lowest BCUT2D eigenvalue weighted by Gasteiger charge is -2.07. The SMILES string of the molecule is CCC(O)c1ccn(Cc2cc(F)ccc2Cl)c1. The fraction of sp³-hybridized carbons (Fsp3) is 0.286.